The van der Waals surface area contributed by atoms with Crippen LogP contribution in [0.5, 0.6) is 0 Å². The highest BCUT2D eigenvalue weighted by molar-refractivity contribution is 8.26. The first kappa shape index (κ1) is 22.6. The maximum absolute atomic E-state index is 13.5. The molecule has 0 aliphatic carbocycles. The van der Waals surface area contributed by atoms with Gasteiger partial charge in [-0.2, -0.15) is 0 Å². The van der Waals surface area contributed by atoms with Crippen LogP contribution in [0.15, 0.2) is 64.4 Å². The van der Waals surface area contributed by atoms with E-state index in [-0.39, 0.29) is 11.5 Å². The molecule has 34 heavy (non-hydrogen) atoms. The summed E-state index contributed by atoms with van der Waals surface area (Å²) in [5.74, 6) is 0.471. The average molecular weight is 492 g/mol. The Kier molecular flexibility index (Phi) is 6.38. The Morgan fingerprint density at radius 1 is 1.00 bits per heavy atom. The van der Waals surface area contributed by atoms with Crippen molar-refractivity contribution < 1.29 is 4.79 Å². The van der Waals surface area contributed by atoms with E-state index in [0.29, 0.717) is 32.8 Å². The first-order valence-electron chi connectivity index (χ1n) is 11.4. The number of aromatic nitrogens is 2. The third kappa shape index (κ3) is 4.21. The third-order valence-corrected chi connectivity index (χ3v) is 7.42. The van der Waals surface area contributed by atoms with Crippen LogP contribution in [-0.4, -0.2) is 57.2 Å². The van der Waals surface area contributed by atoms with Crippen molar-refractivity contribution >= 4 is 57.4 Å². The topological polar surface area (TPSA) is 61.2 Å². The minimum Gasteiger partial charge on any atom is -0.368 e. The fourth-order valence-electron chi connectivity index (χ4n) is 4.32. The lowest BCUT2D eigenvalue weighted by molar-refractivity contribution is -0.122. The molecule has 0 bridgehead atoms. The predicted octanol–water partition coefficient (Wildman–Crippen LogP) is 3.63. The van der Waals surface area contributed by atoms with Gasteiger partial charge in [-0.15, -0.1) is 0 Å². The molecule has 2 saturated heterocycles. The van der Waals surface area contributed by atoms with Crippen molar-refractivity contribution in [2.75, 3.05) is 42.5 Å². The van der Waals surface area contributed by atoms with E-state index in [0.717, 1.165) is 32.6 Å². The summed E-state index contributed by atoms with van der Waals surface area (Å²) in [6.07, 6.45) is 4.21. The van der Waals surface area contributed by atoms with Gasteiger partial charge in [-0.25, -0.2) is 4.98 Å². The van der Waals surface area contributed by atoms with Gasteiger partial charge in [0.15, 0.2) is 0 Å². The molecule has 2 aliphatic heterocycles. The molecule has 2 fully saturated rings. The molecule has 0 radical (unpaired) electrons. The summed E-state index contributed by atoms with van der Waals surface area (Å²) in [7, 11) is 0. The molecule has 4 heterocycles. The van der Waals surface area contributed by atoms with Crippen molar-refractivity contribution in [2.45, 2.75) is 13.3 Å². The SMILES string of the molecule is CCCN1C(=O)/C(=C\c2c(N3CCN(c4ccccc4)CC3)nc3ccccn3c2=O)SC1=S. The second-order valence-electron chi connectivity index (χ2n) is 8.23. The number of amides is 1. The van der Waals surface area contributed by atoms with Crippen LogP contribution in [0.4, 0.5) is 11.5 Å². The van der Waals surface area contributed by atoms with Crippen LogP contribution in [0.1, 0.15) is 18.9 Å². The molecule has 0 N–H and O–H groups in total. The van der Waals surface area contributed by atoms with E-state index in [1.807, 2.05) is 37.3 Å². The van der Waals surface area contributed by atoms with E-state index in [1.165, 1.54) is 21.8 Å². The molecule has 5 rings (SSSR count). The van der Waals surface area contributed by atoms with Gasteiger partial charge in [-0.1, -0.05) is 55.2 Å². The lowest BCUT2D eigenvalue weighted by Crippen LogP contribution is -2.47. The molecule has 3 aromatic rings. The number of thioether (sulfide) groups is 1. The van der Waals surface area contributed by atoms with Gasteiger partial charge in [0.25, 0.3) is 11.5 Å². The van der Waals surface area contributed by atoms with Gasteiger partial charge in [0.05, 0.1) is 10.5 Å². The van der Waals surface area contributed by atoms with E-state index >= 15 is 0 Å². The normalized spacial score (nSPS) is 17.9. The summed E-state index contributed by atoms with van der Waals surface area (Å²) < 4.78 is 2.06. The molecular weight excluding hydrogens is 466 g/mol. The Morgan fingerprint density at radius 3 is 2.44 bits per heavy atom. The van der Waals surface area contributed by atoms with Crippen molar-refractivity contribution in [3.8, 4) is 0 Å². The fourth-order valence-corrected chi connectivity index (χ4v) is 5.61. The summed E-state index contributed by atoms with van der Waals surface area (Å²) in [6.45, 7) is 5.67. The van der Waals surface area contributed by atoms with Gasteiger partial charge in [0.2, 0.25) is 0 Å². The van der Waals surface area contributed by atoms with Gasteiger partial charge in [-0.3, -0.25) is 18.9 Å². The molecule has 2 aliphatic rings. The number of hydrogen-bond donors (Lipinski definition) is 0. The standard InChI is InChI=1S/C25H25N5O2S2/c1-2-11-30-24(32)20(34-25(30)33)17-19-22(26-21-10-6-7-12-29(21)23(19)31)28-15-13-27(14-16-28)18-8-4-3-5-9-18/h3-10,12,17H,2,11,13-16H2,1H3/b20-17+. The first-order chi connectivity index (χ1) is 16.6. The van der Waals surface area contributed by atoms with Crippen LogP contribution in [0.3, 0.4) is 0 Å². The summed E-state index contributed by atoms with van der Waals surface area (Å²) in [5.41, 5.74) is 2.01. The number of fused-ring (bicyclic) bond motifs is 1. The van der Waals surface area contributed by atoms with Crippen LogP contribution >= 0.6 is 24.0 Å². The number of para-hydroxylation sites is 1. The Bertz CT molecular complexity index is 1330. The number of piperazine rings is 1. The van der Waals surface area contributed by atoms with Crippen molar-refractivity contribution in [3.05, 3.63) is 75.6 Å². The highest BCUT2D eigenvalue weighted by Gasteiger charge is 2.32. The summed E-state index contributed by atoms with van der Waals surface area (Å²) in [5, 5.41) is 0. The van der Waals surface area contributed by atoms with Crippen LogP contribution in [0.2, 0.25) is 0 Å². The Balaban J connectivity index is 1.52. The maximum Gasteiger partial charge on any atom is 0.267 e. The second kappa shape index (κ2) is 9.60. The molecule has 174 valence electrons. The van der Waals surface area contributed by atoms with Crippen molar-refractivity contribution in [1.82, 2.24) is 14.3 Å². The molecule has 9 heteroatoms. The second-order valence-corrected chi connectivity index (χ2v) is 9.90. The number of carbonyl (C=O) groups is 1. The molecule has 7 nitrogen and oxygen atoms in total. The number of benzene rings is 1. The molecule has 1 aromatic carbocycles. The smallest absolute Gasteiger partial charge is 0.267 e. The lowest BCUT2D eigenvalue weighted by Gasteiger charge is -2.37. The highest BCUT2D eigenvalue weighted by atomic mass is 32.2. The fraction of sp³-hybridized carbons (Fsp3) is 0.280. The van der Waals surface area contributed by atoms with Crippen LogP contribution in [0, 0.1) is 0 Å². The zero-order valence-electron chi connectivity index (χ0n) is 18.9. The van der Waals surface area contributed by atoms with E-state index in [1.54, 1.807) is 23.2 Å². The van der Waals surface area contributed by atoms with Crippen LogP contribution in [-0.2, 0) is 4.79 Å². The number of nitrogens with zero attached hydrogens (tertiary/aromatic N) is 5. The number of anilines is 2. The number of thiocarbonyl (C=S) groups is 1. The van der Waals surface area contributed by atoms with Crippen molar-refractivity contribution in [1.29, 1.82) is 0 Å². The number of pyridine rings is 1. The Labute approximate surface area is 207 Å². The number of rotatable bonds is 5. The molecule has 0 spiro atoms. The highest BCUT2D eigenvalue weighted by Crippen LogP contribution is 2.33. The van der Waals surface area contributed by atoms with E-state index in [2.05, 4.69) is 21.9 Å². The summed E-state index contributed by atoms with van der Waals surface area (Å²) in [4.78, 5) is 37.9. The monoisotopic (exact) mass is 491 g/mol. The molecule has 0 unspecified atom stereocenters. The van der Waals surface area contributed by atoms with Gasteiger partial charge >= 0.3 is 0 Å². The van der Waals surface area contributed by atoms with Gasteiger partial charge in [-0.05, 0) is 36.8 Å². The van der Waals surface area contributed by atoms with Crippen LogP contribution < -0.4 is 15.4 Å². The zero-order valence-corrected chi connectivity index (χ0v) is 20.5. The number of carbonyl (C=O) groups excluding carboxylic acids is 1. The lowest BCUT2D eigenvalue weighted by atomic mass is 10.2. The van der Waals surface area contributed by atoms with Crippen molar-refractivity contribution in [2.24, 2.45) is 0 Å². The quantitative estimate of drug-likeness (QED) is 0.399. The molecule has 1 amide bonds. The van der Waals surface area contributed by atoms with E-state index in [4.69, 9.17) is 17.2 Å². The molecule has 0 atom stereocenters. The van der Waals surface area contributed by atoms with Crippen molar-refractivity contribution in [3.63, 3.8) is 0 Å². The van der Waals surface area contributed by atoms with Gasteiger partial charge < -0.3 is 9.80 Å². The average Bonchev–Trinajstić information content (AvgIpc) is 3.14. The summed E-state index contributed by atoms with van der Waals surface area (Å²) >= 11 is 6.67. The minimum absolute atomic E-state index is 0.144. The Hall–Kier alpha value is -3.17. The maximum atomic E-state index is 13.5. The Morgan fingerprint density at radius 2 is 1.71 bits per heavy atom. The number of hydrogen-bond acceptors (Lipinski definition) is 7. The molecule has 0 saturated carbocycles. The molecular formula is C25H25N5O2S2. The molecule has 2 aromatic heterocycles. The third-order valence-electron chi connectivity index (χ3n) is 6.05. The van der Waals surface area contributed by atoms with E-state index in [9.17, 15) is 9.59 Å². The van der Waals surface area contributed by atoms with Crippen LogP contribution in [0.25, 0.3) is 11.7 Å². The zero-order chi connectivity index (χ0) is 23.7. The largest absolute Gasteiger partial charge is 0.368 e. The predicted molar refractivity (Wildman–Crippen MR) is 142 cm³/mol. The van der Waals surface area contributed by atoms with E-state index < -0.39 is 0 Å². The minimum atomic E-state index is -0.188. The van der Waals surface area contributed by atoms with Gasteiger partial charge in [0, 0.05) is 44.6 Å². The van der Waals surface area contributed by atoms with Gasteiger partial charge in [0.1, 0.15) is 15.8 Å². The first-order valence-corrected chi connectivity index (χ1v) is 12.6. The summed E-state index contributed by atoms with van der Waals surface area (Å²) in [6, 6.07) is 15.8.